The van der Waals surface area contributed by atoms with E-state index in [1.165, 1.54) is 6.07 Å². The molecule has 0 saturated heterocycles. The van der Waals surface area contributed by atoms with Crippen molar-refractivity contribution in [3.63, 3.8) is 0 Å². The molecule has 15 heavy (non-hydrogen) atoms. The van der Waals surface area contributed by atoms with Crippen LogP contribution in [0.15, 0.2) is 18.2 Å². The van der Waals surface area contributed by atoms with Crippen molar-refractivity contribution in [2.24, 2.45) is 5.92 Å². The zero-order valence-corrected chi connectivity index (χ0v) is 8.75. The molecule has 0 aliphatic heterocycles. The van der Waals surface area contributed by atoms with Gasteiger partial charge in [-0.15, -0.1) is 0 Å². The Balaban J connectivity index is 3.02. The smallest absolute Gasteiger partial charge is 0.180 e. The van der Waals surface area contributed by atoms with Gasteiger partial charge >= 0.3 is 0 Å². The molecule has 0 spiro atoms. The van der Waals surface area contributed by atoms with Crippen LogP contribution < -0.4 is 0 Å². The van der Waals surface area contributed by atoms with Gasteiger partial charge in [-0.3, -0.25) is 4.79 Å². The van der Waals surface area contributed by atoms with Gasteiger partial charge in [0.2, 0.25) is 0 Å². The molecule has 0 fully saturated rings. The first kappa shape index (κ1) is 11.4. The highest BCUT2D eigenvalue weighted by atomic mass is 19.1. The molecule has 0 saturated carbocycles. The molecule has 0 aromatic heterocycles. The number of ketones is 1. The quantitative estimate of drug-likeness (QED) is 0.712. The Morgan fingerprint density at radius 3 is 2.73 bits per heavy atom. The first-order chi connectivity index (χ1) is 7.10. The van der Waals surface area contributed by atoms with Crippen molar-refractivity contribution < 1.29 is 9.18 Å². The summed E-state index contributed by atoms with van der Waals surface area (Å²) in [6.45, 7) is 3.39. The zero-order valence-electron chi connectivity index (χ0n) is 8.75. The molecule has 0 amide bonds. The van der Waals surface area contributed by atoms with Crippen LogP contribution in [0, 0.1) is 30.0 Å². The minimum atomic E-state index is -0.674. The Morgan fingerprint density at radius 1 is 1.60 bits per heavy atom. The van der Waals surface area contributed by atoms with E-state index in [-0.39, 0.29) is 11.3 Å². The summed E-state index contributed by atoms with van der Waals surface area (Å²) in [7, 11) is 0. The van der Waals surface area contributed by atoms with Crippen molar-refractivity contribution >= 4 is 5.78 Å². The summed E-state index contributed by atoms with van der Waals surface area (Å²) in [5, 5.41) is 8.72. The molecule has 0 aliphatic carbocycles. The van der Waals surface area contributed by atoms with Gasteiger partial charge in [0.05, 0.1) is 6.07 Å². The normalized spacial score (nSPS) is 11.9. The number of halogens is 1. The van der Waals surface area contributed by atoms with E-state index in [1.54, 1.807) is 26.0 Å². The van der Waals surface area contributed by atoms with E-state index in [4.69, 9.17) is 5.26 Å². The van der Waals surface area contributed by atoms with Gasteiger partial charge in [-0.1, -0.05) is 19.1 Å². The molecule has 1 aromatic carbocycles. The summed E-state index contributed by atoms with van der Waals surface area (Å²) in [4.78, 5) is 11.7. The van der Waals surface area contributed by atoms with Gasteiger partial charge in [0.15, 0.2) is 5.78 Å². The lowest BCUT2D eigenvalue weighted by molar-refractivity contribution is 0.0946. The lowest BCUT2D eigenvalue weighted by Gasteiger charge is -2.05. The minimum Gasteiger partial charge on any atom is -0.293 e. The molecule has 1 aromatic rings. The van der Waals surface area contributed by atoms with Gasteiger partial charge in [-0.2, -0.15) is 5.26 Å². The predicted molar refractivity (Wildman–Crippen MR) is 54.9 cm³/mol. The topological polar surface area (TPSA) is 40.9 Å². The fourth-order valence-corrected chi connectivity index (χ4v) is 1.28. The fourth-order valence-electron chi connectivity index (χ4n) is 1.28. The summed E-state index contributed by atoms with van der Waals surface area (Å²) < 4.78 is 13.2. The number of benzene rings is 1. The van der Waals surface area contributed by atoms with Gasteiger partial charge in [0.25, 0.3) is 0 Å². The van der Waals surface area contributed by atoms with Crippen molar-refractivity contribution in [2.45, 2.75) is 20.3 Å². The van der Waals surface area contributed by atoms with Crippen LogP contribution in [0.1, 0.15) is 29.3 Å². The van der Waals surface area contributed by atoms with Crippen molar-refractivity contribution in [3.05, 3.63) is 35.1 Å². The maximum atomic E-state index is 13.2. The highest BCUT2D eigenvalue weighted by Gasteiger charge is 2.18. The number of Topliss-reactive ketones (excluding diaryl/α,β-unsaturated/α-hetero) is 1. The lowest BCUT2D eigenvalue weighted by Crippen LogP contribution is -2.12. The average molecular weight is 205 g/mol. The number of carbonyl (C=O) groups excluding carboxylic acids is 1. The standard InChI is InChI=1S/C12H12FNO/c1-3-9(7-14)12(15)10-5-4-8(2)11(13)6-10/h4-6,9H,3H2,1-2H3. The van der Waals surface area contributed by atoms with E-state index in [2.05, 4.69) is 0 Å². The molecule has 78 valence electrons. The molecule has 0 heterocycles. The third-order valence-corrected chi connectivity index (χ3v) is 2.34. The van der Waals surface area contributed by atoms with Crippen molar-refractivity contribution in [1.29, 1.82) is 5.26 Å². The van der Waals surface area contributed by atoms with E-state index in [0.717, 1.165) is 0 Å². The highest BCUT2D eigenvalue weighted by molar-refractivity contribution is 5.99. The molecular weight excluding hydrogens is 193 g/mol. The van der Waals surface area contributed by atoms with Crippen molar-refractivity contribution in [1.82, 2.24) is 0 Å². The van der Waals surface area contributed by atoms with E-state index in [1.807, 2.05) is 6.07 Å². The van der Waals surface area contributed by atoms with Crippen LogP contribution >= 0.6 is 0 Å². The second kappa shape index (κ2) is 4.70. The summed E-state index contributed by atoms with van der Waals surface area (Å²) in [6.07, 6.45) is 0.449. The number of hydrogen-bond donors (Lipinski definition) is 0. The van der Waals surface area contributed by atoms with Gasteiger partial charge in [0.1, 0.15) is 11.7 Å². The molecule has 3 heteroatoms. The second-order valence-corrected chi connectivity index (χ2v) is 3.42. The molecule has 0 aliphatic rings. The van der Waals surface area contributed by atoms with Crippen LogP contribution in [0.3, 0.4) is 0 Å². The predicted octanol–water partition coefficient (Wildman–Crippen LogP) is 2.87. The SMILES string of the molecule is CCC(C#N)C(=O)c1ccc(C)c(F)c1. The monoisotopic (exact) mass is 205 g/mol. The molecule has 0 bridgehead atoms. The van der Waals surface area contributed by atoms with E-state index < -0.39 is 11.7 Å². The highest BCUT2D eigenvalue weighted by Crippen LogP contribution is 2.15. The number of aryl methyl sites for hydroxylation is 1. The van der Waals surface area contributed by atoms with Crippen LogP contribution in [0.2, 0.25) is 0 Å². The molecule has 1 unspecified atom stereocenters. The fraction of sp³-hybridized carbons (Fsp3) is 0.333. The largest absolute Gasteiger partial charge is 0.293 e. The first-order valence-corrected chi connectivity index (χ1v) is 4.80. The first-order valence-electron chi connectivity index (χ1n) is 4.80. The Morgan fingerprint density at radius 2 is 2.27 bits per heavy atom. The van der Waals surface area contributed by atoms with Crippen LogP contribution in [-0.4, -0.2) is 5.78 Å². The van der Waals surface area contributed by atoms with E-state index in [9.17, 15) is 9.18 Å². The van der Waals surface area contributed by atoms with Gasteiger partial charge in [0, 0.05) is 5.56 Å². The summed E-state index contributed by atoms with van der Waals surface area (Å²) in [5.74, 6) is -1.39. The Labute approximate surface area is 88.3 Å². The summed E-state index contributed by atoms with van der Waals surface area (Å²) in [6, 6.07) is 6.21. The van der Waals surface area contributed by atoms with Crippen molar-refractivity contribution in [2.75, 3.05) is 0 Å². The molecule has 0 radical (unpaired) electrons. The third kappa shape index (κ3) is 2.41. The lowest BCUT2D eigenvalue weighted by atomic mass is 9.96. The maximum Gasteiger partial charge on any atom is 0.180 e. The third-order valence-electron chi connectivity index (χ3n) is 2.34. The molecule has 2 nitrogen and oxygen atoms in total. The second-order valence-electron chi connectivity index (χ2n) is 3.42. The number of hydrogen-bond acceptors (Lipinski definition) is 2. The van der Waals surface area contributed by atoms with Gasteiger partial charge < -0.3 is 0 Å². The van der Waals surface area contributed by atoms with E-state index in [0.29, 0.717) is 12.0 Å². The van der Waals surface area contributed by atoms with E-state index >= 15 is 0 Å². The average Bonchev–Trinajstić information content (AvgIpc) is 2.23. The number of rotatable bonds is 3. The zero-order chi connectivity index (χ0) is 11.4. The Kier molecular flexibility index (Phi) is 3.56. The van der Waals surface area contributed by atoms with Crippen LogP contribution in [-0.2, 0) is 0 Å². The maximum absolute atomic E-state index is 13.2. The molecule has 1 rings (SSSR count). The summed E-state index contributed by atoms with van der Waals surface area (Å²) in [5.41, 5.74) is 0.767. The minimum absolute atomic E-state index is 0.270. The van der Waals surface area contributed by atoms with Crippen molar-refractivity contribution in [3.8, 4) is 6.07 Å². The molecule has 1 atom stereocenters. The Bertz CT molecular complexity index is 420. The van der Waals surface area contributed by atoms with Crippen LogP contribution in [0.5, 0.6) is 0 Å². The summed E-state index contributed by atoms with van der Waals surface area (Å²) >= 11 is 0. The van der Waals surface area contributed by atoms with Gasteiger partial charge in [-0.05, 0) is 25.0 Å². The number of nitriles is 1. The number of nitrogens with zero attached hydrogens (tertiary/aromatic N) is 1. The van der Waals surface area contributed by atoms with Crippen LogP contribution in [0.25, 0.3) is 0 Å². The Hall–Kier alpha value is -1.69. The van der Waals surface area contributed by atoms with Crippen LogP contribution in [0.4, 0.5) is 4.39 Å². The molecule has 0 N–H and O–H groups in total. The molecular formula is C12H12FNO. The number of carbonyl (C=O) groups is 1. The van der Waals surface area contributed by atoms with Gasteiger partial charge in [-0.25, -0.2) is 4.39 Å².